The van der Waals surface area contributed by atoms with Gasteiger partial charge in [-0.3, -0.25) is 4.98 Å². The Morgan fingerprint density at radius 2 is 2.14 bits per heavy atom. The van der Waals surface area contributed by atoms with Crippen molar-refractivity contribution < 1.29 is 0 Å². The Labute approximate surface area is 95.5 Å². The van der Waals surface area contributed by atoms with Crippen molar-refractivity contribution in [1.82, 2.24) is 4.98 Å². The molecule has 0 saturated carbocycles. The van der Waals surface area contributed by atoms with E-state index in [4.69, 9.17) is 11.6 Å². The minimum Gasteiger partial charge on any atom is -0.256 e. The van der Waals surface area contributed by atoms with Crippen LogP contribution in [0.4, 0.5) is 0 Å². The van der Waals surface area contributed by atoms with Crippen LogP contribution < -0.4 is 0 Å². The Morgan fingerprint density at radius 3 is 2.86 bits per heavy atom. The first-order valence-electron chi connectivity index (χ1n) is 4.08. The van der Waals surface area contributed by atoms with E-state index in [-0.39, 0.29) is 0 Å². The molecule has 3 heteroatoms. The Bertz CT molecular complexity index is 508. The lowest BCUT2D eigenvalue weighted by atomic mass is 10.1. The van der Waals surface area contributed by atoms with Crippen molar-refractivity contribution in [2.24, 2.45) is 0 Å². The van der Waals surface area contributed by atoms with Gasteiger partial charge >= 0.3 is 0 Å². The fourth-order valence-electron chi connectivity index (χ4n) is 1.36. The Morgan fingerprint density at radius 1 is 1.36 bits per heavy atom. The maximum absolute atomic E-state index is 6.05. The van der Waals surface area contributed by atoms with E-state index < -0.39 is 0 Å². The number of hydrogen-bond donors (Lipinski definition) is 0. The van der Waals surface area contributed by atoms with Gasteiger partial charge in [0, 0.05) is 21.6 Å². The molecule has 0 bridgehead atoms. The van der Waals surface area contributed by atoms with E-state index in [0.29, 0.717) is 5.02 Å². The van der Waals surface area contributed by atoms with E-state index in [2.05, 4.69) is 27.5 Å². The molecule has 2 rings (SSSR count). The summed E-state index contributed by atoms with van der Waals surface area (Å²) in [5, 5.41) is 1.66. The molecule has 1 aromatic carbocycles. The molecular weight excluding hydrogens is 261 g/mol. The highest BCUT2D eigenvalue weighted by atomic mass is 79.9. The average molecular weight is 269 g/mol. The number of halogens is 2. The second-order valence-electron chi connectivity index (χ2n) is 2.90. The van der Waals surface area contributed by atoms with E-state index >= 15 is 0 Å². The fraction of sp³-hybridized carbons (Fsp3) is 0. The minimum atomic E-state index is 0.714. The van der Waals surface area contributed by atoms with Crippen LogP contribution in [-0.2, 0) is 0 Å². The van der Waals surface area contributed by atoms with Gasteiger partial charge in [0.2, 0.25) is 0 Å². The SMILES string of the molecule is C=C(Br)c1ccc(Cl)c2cccnc12. The van der Waals surface area contributed by atoms with Gasteiger partial charge in [-0.1, -0.05) is 40.2 Å². The molecule has 0 spiro atoms. The van der Waals surface area contributed by atoms with E-state index in [9.17, 15) is 0 Å². The van der Waals surface area contributed by atoms with Crippen LogP contribution in [0.3, 0.4) is 0 Å². The second kappa shape index (κ2) is 3.71. The number of hydrogen-bond acceptors (Lipinski definition) is 1. The third-order valence-electron chi connectivity index (χ3n) is 2.01. The lowest BCUT2D eigenvalue weighted by molar-refractivity contribution is 1.40. The van der Waals surface area contributed by atoms with Crippen LogP contribution in [0.15, 0.2) is 37.0 Å². The summed E-state index contributed by atoms with van der Waals surface area (Å²) < 4.78 is 0.817. The molecule has 0 aliphatic carbocycles. The topological polar surface area (TPSA) is 12.9 Å². The van der Waals surface area contributed by atoms with Gasteiger partial charge in [-0.25, -0.2) is 0 Å². The van der Waals surface area contributed by atoms with Crippen molar-refractivity contribution in [3.05, 3.63) is 47.6 Å². The molecule has 0 unspecified atom stereocenters. The standard InChI is InChI=1S/C11H7BrClN/c1-7(12)8-4-5-10(13)9-3-2-6-14-11(8)9/h2-6H,1H2. The lowest BCUT2D eigenvalue weighted by Gasteiger charge is -2.04. The third-order valence-corrected chi connectivity index (χ3v) is 2.77. The first-order chi connectivity index (χ1) is 6.70. The van der Waals surface area contributed by atoms with Gasteiger partial charge in [0.25, 0.3) is 0 Å². The Hall–Kier alpha value is -0.860. The van der Waals surface area contributed by atoms with Crippen LogP contribution in [0.25, 0.3) is 15.4 Å². The summed E-state index contributed by atoms with van der Waals surface area (Å²) in [4.78, 5) is 4.29. The molecule has 1 aromatic heterocycles. The lowest BCUT2D eigenvalue weighted by Crippen LogP contribution is -1.84. The number of rotatable bonds is 1. The molecule has 0 radical (unpaired) electrons. The number of fused-ring (bicyclic) bond motifs is 1. The summed E-state index contributed by atoms with van der Waals surface area (Å²) >= 11 is 9.40. The van der Waals surface area contributed by atoms with Gasteiger partial charge in [0.15, 0.2) is 0 Å². The van der Waals surface area contributed by atoms with Crippen LogP contribution in [-0.4, -0.2) is 4.98 Å². The van der Waals surface area contributed by atoms with Crippen molar-refractivity contribution in [2.45, 2.75) is 0 Å². The Balaban J connectivity index is 2.88. The van der Waals surface area contributed by atoms with Crippen LogP contribution >= 0.6 is 27.5 Å². The predicted octanol–water partition coefficient (Wildman–Crippen LogP) is 4.25. The first kappa shape index (κ1) is 9.69. The van der Waals surface area contributed by atoms with Gasteiger partial charge < -0.3 is 0 Å². The van der Waals surface area contributed by atoms with Gasteiger partial charge in [-0.2, -0.15) is 0 Å². The summed E-state index contributed by atoms with van der Waals surface area (Å²) in [6.07, 6.45) is 1.75. The van der Waals surface area contributed by atoms with Gasteiger partial charge in [0.05, 0.1) is 10.5 Å². The molecular formula is C11H7BrClN. The molecule has 2 aromatic rings. The molecule has 14 heavy (non-hydrogen) atoms. The van der Waals surface area contributed by atoms with Crippen molar-refractivity contribution >= 4 is 42.9 Å². The van der Waals surface area contributed by atoms with Crippen LogP contribution in [0, 0.1) is 0 Å². The quantitative estimate of drug-likeness (QED) is 0.753. The molecule has 0 fully saturated rings. The van der Waals surface area contributed by atoms with Crippen molar-refractivity contribution in [1.29, 1.82) is 0 Å². The van der Waals surface area contributed by atoms with Crippen molar-refractivity contribution in [3.63, 3.8) is 0 Å². The van der Waals surface area contributed by atoms with E-state index in [1.165, 1.54) is 0 Å². The van der Waals surface area contributed by atoms with Gasteiger partial charge in [-0.15, -0.1) is 0 Å². The van der Waals surface area contributed by atoms with Crippen molar-refractivity contribution in [2.75, 3.05) is 0 Å². The number of nitrogens with zero attached hydrogens (tertiary/aromatic N) is 1. The summed E-state index contributed by atoms with van der Waals surface area (Å²) in [5.41, 5.74) is 1.85. The monoisotopic (exact) mass is 267 g/mol. The van der Waals surface area contributed by atoms with Crippen LogP contribution in [0.2, 0.25) is 5.02 Å². The molecule has 0 saturated heterocycles. The highest BCUT2D eigenvalue weighted by Gasteiger charge is 2.05. The largest absolute Gasteiger partial charge is 0.256 e. The third kappa shape index (κ3) is 1.56. The smallest absolute Gasteiger partial charge is 0.0800 e. The summed E-state index contributed by atoms with van der Waals surface area (Å²) in [7, 11) is 0. The molecule has 1 heterocycles. The van der Waals surface area contributed by atoms with Crippen LogP contribution in [0.1, 0.15) is 5.56 Å². The van der Waals surface area contributed by atoms with Gasteiger partial charge in [0.1, 0.15) is 0 Å². The maximum atomic E-state index is 6.05. The summed E-state index contributed by atoms with van der Waals surface area (Å²) in [5.74, 6) is 0. The fourth-order valence-corrected chi connectivity index (χ4v) is 1.89. The van der Waals surface area contributed by atoms with Crippen molar-refractivity contribution in [3.8, 4) is 0 Å². The molecule has 0 aliphatic rings. The number of benzene rings is 1. The summed E-state index contributed by atoms with van der Waals surface area (Å²) in [6.45, 7) is 3.84. The molecule has 70 valence electrons. The normalized spacial score (nSPS) is 10.4. The number of pyridine rings is 1. The maximum Gasteiger partial charge on any atom is 0.0800 e. The Kier molecular flexibility index (Phi) is 2.57. The van der Waals surface area contributed by atoms with Gasteiger partial charge in [-0.05, 0) is 18.2 Å². The number of aromatic nitrogens is 1. The van der Waals surface area contributed by atoms with E-state index in [0.717, 1.165) is 20.9 Å². The average Bonchev–Trinajstić information content (AvgIpc) is 2.18. The van der Waals surface area contributed by atoms with E-state index in [1.54, 1.807) is 6.20 Å². The zero-order valence-electron chi connectivity index (χ0n) is 7.30. The van der Waals surface area contributed by atoms with E-state index in [1.807, 2.05) is 24.3 Å². The zero-order valence-corrected chi connectivity index (χ0v) is 9.64. The minimum absolute atomic E-state index is 0.714. The van der Waals surface area contributed by atoms with Crippen LogP contribution in [0.5, 0.6) is 0 Å². The highest BCUT2D eigenvalue weighted by molar-refractivity contribution is 9.15. The second-order valence-corrected chi connectivity index (χ2v) is 4.26. The zero-order chi connectivity index (χ0) is 10.1. The summed E-state index contributed by atoms with van der Waals surface area (Å²) in [6, 6.07) is 7.58. The highest BCUT2D eigenvalue weighted by Crippen LogP contribution is 2.30. The molecule has 0 N–H and O–H groups in total. The molecule has 0 aliphatic heterocycles. The predicted molar refractivity (Wildman–Crippen MR) is 64.7 cm³/mol. The first-order valence-corrected chi connectivity index (χ1v) is 5.25. The molecule has 1 nitrogen and oxygen atoms in total. The molecule has 0 atom stereocenters. The molecule has 0 amide bonds.